The third-order valence-corrected chi connectivity index (χ3v) is 5.30. The van der Waals surface area contributed by atoms with Gasteiger partial charge in [-0.3, -0.25) is 9.59 Å². The number of para-hydroxylation sites is 1. The van der Waals surface area contributed by atoms with E-state index in [4.69, 9.17) is 4.74 Å². The van der Waals surface area contributed by atoms with Gasteiger partial charge in [0.25, 0.3) is 0 Å². The van der Waals surface area contributed by atoms with E-state index < -0.39 is 5.92 Å². The molecule has 7 heteroatoms. The van der Waals surface area contributed by atoms with E-state index in [1.165, 1.54) is 5.56 Å². The standard InChI is InChI=1S/C23H24N4O3/c1-14-6-4-7-16(10-14)13-27-22(15(2)12-24-27)26-23(29)18-11-20(28)25-21-17(18)8-5-9-19(21)30-3/h4-10,12,18H,11,13H2,1-3H3,(H,25,28)(H,26,29). The van der Waals surface area contributed by atoms with Crippen LogP contribution >= 0.6 is 0 Å². The summed E-state index contributed by atoms with van der Waals surface area (Å²) in [5.41, 5.74) is 4.43. The van der Waals surface area contributed by atoms with E-state index in [1.807, 2.05) is 44.2 Å². The highest BCUT2D eigenvalue weighted by atomic mass is 16.5. The van der Waals surface area contributed by atoms with Crippen molar-refractivity contribution in [3.8, 4) is 5.75 Å². The average molecular weight is 404 g/mol. The van der Waals surface area contributed by atoms with E-state index in [-0.39, 0.29) is 18.2 Å². The lowest BCUT2D eigenvalue weighted by molar-refractivity contribution is -0.123. The van der Waals surface area contributed by atoms with Gasteiger partial charge >= 0.3 is 0 Å². The topological polar surface area (TPSA) is 85.2 Å². The van der Waals surface area contributed by atoms with Gasteiger partial charge in [-0.05, 0) is 31.0 Å². The van der Waals surface area contributed by atoms with Gasteiger partial charge in [-0.2, -0.15) is 5.10 Å². The molecule has 2 N–H and O–H groups in total. The number of nitrogens with zero attached hydrogens (tertiary/aromatic N) is 2. The normalized spacial score (nSPS) is 15.3. The van der Waals surface area contributed by atoms with Crippen LogP contribution in [0.5, 0.6) is 5.75 Å². The first-order valence-corrected chi connectivity index (χ1v) is 9.82. The first-order chi connectivity index (χ1) is 14.5. The van der Waals surface area contributed by atoms with Crippen molar-refractivity contribution in [2.45, 2.75) is 32.7 Å². The Morgan fingerprint density at radius 1 is 1.27 bits per heavy atom. The summed E-state index contributed by atoms with van der Waals surface area (Å²) in [6, 6.07) is 13.6. The number of carbonyl (C=O) groups is 2. The maximum absolute atomic E-state index is 13.2. The fourth-order valence-electron chi connectivity index (χ4n) is 3.81. The van der Waals surface area contributed by atoms with Crippen molar-refractivity contribution >= 4 is 23.3 Å². The van der Waals surface area contributed by atoms with Crippen molar-refractivity contribution in [3.63, 3.8) is 0 Å². The summed E-state index contributed by atoms with van der Waals surface area (Å²) in [5.74, 6) is 0.118. The number of methoxy groups -OCH3 is 1. The molecular formula is C23H24N4O3. The number of anilines is 2. The molecule has 1 aliphatic heterocycles. The molecule has 1 aromatic heterocycles. The molecule has 0 aliphatic carbocycles. The molecular weight excluding hydrogens is 380 g/mol. The molecule has 0 fully saturated rings. The smallest absolute Gasteiger partial charge is 0.233 e. The quantitative estimate of drug-likeness (QED) is 0.680. The van der Waals surface area contributed by atoms with Gasteiger partial charge in [-0.25, -0.2) is 4.68 Å². The van der Waals surface area contributed by atoms with E-state index in [0.29, 0.717) is 23.8 Å². The minimum Gasteiger partial charge on any atom is -0.495 e. The molecule has 2 amide bonds. The molecule has 154 valence electrons. The van der Waals surface area contributed by atoms with Gasteiger partial charge in [0.15, 0.2) is 0 Å². The van der Waals surface area contributed by atoms with Crippen LogP contribution in [0.15, 0.2) is 48.7 Å². The summed E-state index contributed by atoms with van der Waals surface area (Å²) in [6.45, 7) is 4.49. The Morgan fingerprint density at radius 2 is 2.07 bits per heavy atom. The molecule has 0 spiro atoms. The number of hydrogen-bond acceptors (Lipinski definition) is 4. The molecule has 3 aromatic rings. The largest absolute Gasteiger partial charge is 0.495 e. The molecule has 0 radical (unpaired) electrons. The molecule has 7 nitrogen and oxygen atoms in total. The summed E-state index contributed by atoms with van der Waals surface area (Å²) in [6.07, 6.45) is 1.81. The van der Waals surface area contributed by atoms with Gasteiger partial charge in [0.1, 0.15) is 11.6 Å². The fraction of sp³-hybridized carbons (Fsp3) is 0.261. The summed E-state index contributed by atoms with van der Waals surface area (Å²) in [7, 11) is 1.54. The summed E-state index contributed by atoms with van der Waals surface area (Å²) >= 11 is 0. The molecule has 1 unspecified atom stereocenters. The Bertz CT molecular complexity index is 1120. The highest BCUT2D eigenvalue weighted by molar-refractivity contribution is 6.06. The molecule has 0 saturated heterocycles. The number of rotatable bonds is 5. The van der Waals surface area contributed by atoms with Crippen molar-refractivity contribution in [1.82, 2.24) is 9.78 Å². The molecule has 0 saturated carbocycles. The van der Waals surface area contributed by atoms with Crippen LogP contribution in [0.25, 0.3) is 0 Å². The number of amides is 2. The Balaban J connectivity index is 1.61. The fourth-order valence-corrected chi connectivity index (χ4v) is 3.81. The minimum absolute atomic E-state index is 0.0804. The lowest BCUT2D eigenvalue weighted by atomic mass is 9.89. The van der Waals surface area contributed by atoms with Gasteiger partial charge in [0.2, 0.25) is 11.8 Å². The average Bonchev–Trinajstić information content (AvgIpc) is 3.06. The summed E-state index contributed by atoms with van der Waals surface area (Å²) in [4.78, 5) is 25.5. The lowest BCUT2D eigenvalue weighted by Gasteiger charge is -2.26. The highest BCUT2D eigenvalue weighted by Gasteiger charge is 2.33. The Hall–Kier alpha value is -3.61. The Morgan fingerprint density at radius 3 is 2.83 bits per heavy atom. The van der Waals surface area contributed by atoms with Crippen LogP contribution in [0, 0.1) is 13.8 Å². The number of aromatic nitrogens is 2. The van der Waals surface area contributed by atoms with Gasteiger partial charge in [0.05, 0.1) is 31.5 Å². The number of nitrogens with one attached hydrogen (secondary N) is 2. The zero-order chi connectivity index (χ0) is 21.3. The van der Waals surface area contributed by atoms with E-state index in [9.17, 15) is 9.59 Å². The number of fused-ring (bicyclic) bond motifs is 1. The van der Waals surface area contributed by atoms with Crippen LogP contribution < -0.4 is 15.4 Å². The first-order valence-electron chi connectivity index (χ1n) is 9.82. The zero-order valence-corrected chi connectivity index (χ0v) is 17.2. The van der Waals surface area contributed by atoms with E-state index in [2.05, 4.69) is 21.8 Å². The van der Waals surface area contributed by atoms with Crippen molar-refractivity contribution in [3.05, 3.63) is 70.9 Å². The molecule has 1 aliphatic rings. The molecule has 2 aromatic carbocycles. The second-order valence-corrected chi connectivity index (χ2v) is 7.54. The maximum Gasteiger partial charge on any atom is 0.233 e. The van der Waals surface area contributed by atoms with Crippen LogP contribution in [-0.2, 0) is 16.1 Å². The lowest BCUT2D eigenvalue weighted by Crippen LogP contribution is -2.31. The van der Waals surface area contributed by atoms with Gasteiger partial charge in [0, 0.05) is 12.0 Å². The van der Waals surface area contributed by atoms with Crippen LogP contribution in [0.2, 0.25) is 0 Å². The molecule has 1 atom stereocenters. The maximum atomic E-state index is 13.2. The third kappa shape index (κ3) is 3.78. The predicted octanol–water partition coefficient (Wildman–Crippen LogP) is 3.62. The first kappa shape index (κ1) is 19.7. The summed E-state index contributed by atoms with van der Waals surface area (Å²) < 4.78 is 7.12. The number of hydrogen-bond donors (Lipinski definition) is 2. The van der Waals surface area contributed by atoms with Crippen LogP contribution in [0.4, 0.5) is 11.5 Å². The van der Waals surface area contributed by atoms with E-state index in [1.54, 1.807) is 24.1 Å². The number of ether oxygens (including phenoxy) is 1. The van der Waals surface area contributed by atoms with Crippen LogP contribution in [0.3, 0.4) is 0 Å². The van der Waals surface area contributed by atoms with Gasteiger partial charge < -0.3 is 15.4 Å². The monoisotopic (exact) mass is 404 g/mol. The Kier molecular flexibility index (Phi) is 5.27. The molecule has 4 rings (SSSR count). The van der Waals surface area contributed by atoms with Crippen molar-refractivity contribution in [2.75, 3.05) is 17.7 Å². The number of aryl methyl sites for hydroxylation is 2. The molecule has 30 heavy (non-hydrogen) atoms. The van der Waals surface area contributed by atoms with Crippen molar-refractivity contribution < 1.29 is 14.3 Å². The van der Waals surface area contributed by atoms with Crippen molar-refractivity contribution in [2.24, 2.45) is 0 Å². The van der Waals surface area contributed by atoms with Crippen LogP contribution in [-0.4, -0.2) is 28.7 Å². The number of benzene rings is 2. The molecule has 2 heterocycles. The van der Waals surface area contributed by atoms with Crippen molar-refractivity contribution in [1.29, 1.82) is 0 Å². The second kappa shape index (κ2) is 8.02. The zero-order valence-electron chi connectivity index (χ0n) is 17.2. The van der Waals surface area contributed by atoms with Gasteiger partial charge in [-0.1, -0.05) is 42.0 Å². The molecule has 0 bridgehead atoms. The SMILES string of the molecule is COc1cccc2c1NC(=O)CC2C(=O)Nc1c(C)cnn1Cc1cccc(C)c1. The van der Waals surface area contributed by atoms with Gasteiger partial charge in [-0.15, -0.1) is 0 Å². The second-order valence-electron chi connectivity index (χ2n) is 7.54. The third-order valence-electron chi connectivity index (χ3n) is 5.30. The minimum atomic E-state index is -0.606. The highest BCUT2D eigenvalue weighted by Crippen LogP contribution is 2.39. The van der Waals surface area contributed by atoms with E-state index >= 15 is 0 Å². The summed E-state index contributed by atoms with van der Waals surface area (Å²) in [5, 5.41) is 10.3. The predicted molar refractivity (Wildman–Crippen MR) is 115 cm³/mol. The Labute approximate surface area is 175 Å². The number of carbonyl (C=O) groups excluding carboxylic acids is 2. The van der Waals surface area contributed by atoms with Crippen LogP contribution in [0.1, 0.15) is 34.6 Å². The van der Waals surface area contributed by atoms with E-state index in [0.717, 1.165) is 16.7 Å².